The summed E-state index contributed by atoms with van der Waals surface area (Å²) in [5.74, 6) is -0.235. The zero-order valence-corrected chi connectivity index (χ0v) is 57.4. The van der Waals surface area contributed by atoms with Crippen LogP contribution in [0.3, 0.4) is 0 Å². The molecule has 0 aromatic carbocycles. The molecule has 0 saturated carbocycles. The van der Waals surface area contributed by atoms with Gasteiger partial charge < -0.3 is 89.9 Å². The summed E-state index contributed by atoms with van der Waals surface area (Å²) in [6.07, 6.45) is 33.5. The third-order valence-corrected chi connectivity index (χ3v) is 19.4. The first-order chi connectivity index (χ1) is 44.3. The van der Waals surface area contributed by atoms with E-state index >= 15 is 0 Å². The number of hydrogen-bond donors (Lipinski definition) is 12. The van der Waals surface area contributed by atoms with Crippen molar-refractivity contribution in [3.63, 3.8) is 0 Å². The molecule has 0 aromatic heterocycles. The predicted molar refractivity (Wildman–Crippen MR) is 356 cm³/mol. The number of aliphatic hydroxyl groups excluding tert-OH is 11. The van der Waals surface area contributed by atoms with Gasteiger partial charge in [-0.3, -0.25) is 4.79 Å². The van der Waals surface area contributed by atoms with Gasteiger partial charge >= 0.3 is 0 Å². The van der Waals surface area contributed by atoms with Crippen LogP contribution in [0.4, 0.5) is 0 Å². The van der Waals surface area contributed by atoms with Gasteiger partial charge in [-0.05, 0) is 12.8 Å². The highest BCUT2D eigenvalue weighted by Crippen LogP contribution is 2.33. The second-order valence-corrected chi connectivity index (χ2v) is 27.5. The minimum absolute atomic E-state index is 0.235. The molecule has 0 bridgehead atoms. The van der Waals surface area contributed by atoms with E-state index in [1.54, 1.807) is 0 Å². The fourth-order valence-electron chi connectivity index (χ4n) is 13.3. The molecule has 91 heavy (non-hydrogen) atoms. The Balaban J connectivity index is 1.33. The average molecular weight is 1310 g/mol. The Morgan fingerprint density at radius 2 is 0.626 bits per heavy atom. The van der Waals surface area contributed by atoms with Gasteiger partial charge in [-0.15, -0.1) is 0 Å². The average Bonchev–Trinajstić information content (AvgIpc) is 0.916. The van der Waals surface area contributed by atoms with Crippen molar-refractivity contribution in [2.24, 2.45) is 0 Å². The molecule has 0 aromatic rings. The van der Waals surface area contributed by atoms with E-state index in [9.17, 15) is 61.0 Å². The summed E-state index contributed by atoms with van der Waals surface area (Å²) in [5.41, 5.74) is 0. The zero-order valence-electron chi connectivity index (χ0n) is 57.4. The Kier molecular flexibility index (Phi) is 50.6. The lowest BCUT2D eigenvalue weighted by molar-refractivity contribution is -0.379. The van der Waals surface area contributed by atoms with Crippen LogP contribution in [-0.4, -0.2) is 193 Å². The van der Waals surface area contributed by atoms with E-state index in [0.29, 0.717) is 12.8 Å². The smallest absolute Gasteiger partial charge is 0.220 e. The van der Waals surface area contributed by atoms with E-state index in [2.05, 4.69) is 19.2 Å². The lowest BCUT2D eigenvalue weighted by Gasteiger charge is -2.48. The van der Waals surface area contributed by atoms with Crippen LogP contribution >= 0.6 is 0 Å². The van der Waals surface area contributed by atoms with Crippen LogP contribution in [0.2, 0.25) is 0 Å². The molecule has 3 heterocycles. The molecule has 3 fully saturated rings. The molecule has 1 amide bonds. The maximum absolute atomic E-state index is 13.4. The molecule has 0 radical (unpaired) electrons. The van der Waals surface area contributed by atoms with Gasteiger partial charge in [-0.1, -0.05) is 303 Å². The van der Waals surface area contributed by atoms with Gasteiger partial charge in [0.25, 0.3) is 0 Å². The fourth-order valence-corrected chi connectivity index (χ4v) is 13.3. The van der Waals surface area contributed by atoms with Crippen molar-refractivity contribution in [3.8, 4) is 0 Å². The molecule has 3 saturated heterocycles. The second kappa shape index (κ2) is 54.8. The minimum Gasteiger partial charge on any atom is -0.394 e. The van der Waals surface area contributed by atoms with Crippen molar-refractivity contribution in [2.45, 2.75) is 426 Å². The van der Waals surface area contributed by atoms with Gasteiger partial charge in [0.05, 0.1) is 38.6 Å². The number of unbranched alkanes of at least 4 members (excludes halogenated alkanes) is 44. The van der Waals surface area contributed by atoms with Crippen LogP contribution < -0.4 is 5.32 Å². The Labute approximate surface area is 551 Å². The minimum atomic E-state index is -1.97. The number of rotatable bonds is 60. The number of hydrogen-bond acceptors (Lipinski definition) is 18. The lowest BCUT2D eigenvalue weighted by atomic mass is 9.96. The van der Waals surface area contributed by atoms with Crippen LogP contribution in [0.5, 0.6) is 0 Å². The number of carbonyl (C=O) groups excluding carboxylic acids is 1. The molecule has 3 aliphatic rings. The Bertz CT molecular complexity index is 1650. The molecule has 0 spiro atoms. The molecule has 17 atom stereocenters. The van der Waals surface area contributed by atoms with E-state index in [1.807, 2.05) is 0 Å². The summed E-state index contributed by atoms with van der Waals surface area (Å²) < 4.78 is 34.4. The van der Waals surface area contributed by atoms with E-state index in [-0.39, 0.29) is 18.9 Å². The van der Waals surface area contributed by atoms with Gasteiger partial charge in [0.15, 0.2) is 18.9 Å². The van der Waals surface area contributed by atoms with E-state index in [1.165, 1.54) is 244 Å². The molecule has 3 aliphatic heterocycles. The van der Waals surface area contributed by atoms with Crippen molar-refractivity contribution in [2.75, 3.05) is 26.4 Å². The van der Waals surface area contributed by atoms with Crippen LogP contribution in [0.15, 0.2) is 0 Å². The lowest BCUT2D eigenvalue weighted by Crippen LogP contribution is -2.66. The zero-order chi connectivity index (χ0) is 66.1. The summed E-state index contributed by atoms with van der Waals surface area (Å²) in [6, 6.07) is -0.881. The normalized spacial score (nSPS) is 27.8. The number of ether oxygens (including phenoxy) is 6. The number of carbonyl (C=O) groups is 1. The maximum atomic E-state index is 13.4. The van der Waals surface area contributed by atoms with Crippen molar-refractivity contribution in [3.05, 3.63) is 0 Å². The Morgan fingerprint density at radius 3 is 0.956 bits per heavy atom. The second-order valence-electron chi connectivity index (χ2n) is 27.5. The topological polar surface area (TPSA) is 307 Å². The quantitative estimate of drug-likeness (QED) is 0.0252. The monoisotopic (exact) mass is 1310 g/mol. The summed E-state index contributed by atoms with van der Waals surface area (Å²) in [7, 11) is 0. The van der Waals surface area contributed by atoms with Crippen molar-refractivity contribution in [1.29, 1.82) is 0 Å². The van der Waals surface area contributed by atoms with Crippen molar-refractivity contribution in [1.82, 2.24) is 5.32 Å². The number of amides is 1. The standard InChI is InChI=1S/C72H139NO18/c1-3-5-7-9-11-13-15-17-19-20-21-22-23-24-25-26-27-28-29-30-31-32-33-34-35-36-38-40-42-44-46-48-50-60(78)73-55(56(77)49-47-45-43-41-39-37-18-16-14-12-10-8-6-4-2)54-86-70-66(84)63(81)68(58(52-75)88-70)91-72-67(85)64(82)69(59(53-76)89-72)90-71-65(83)62(80)61(79)57(51-74)87-71/h55-59,61-72,74-77,79-85H,3-54H2,1-2H3,(H,73,78). The number of nitrogens with one attached hydrogen (secondary N) is 1. The summed E-state index contributed by atoms with van der Waals surface area (Å²) >= 11 is 0. The first-order valence-electron chi connectivity index (χ1n) is 37.8. The van der Waals surface area contributed by atoms with Crippen LogP contribution in [0, 0.1) is 0 Å². The SMILES string of the molecule is CCCCCCCCCCCCCCCCCCCCCCCCCCCCCCCCCCC(=O)NC(COC1OC(CO)C(OC2OC(CO)C(OC3OC(CO)C(O)C(O)C3O)C(O)C2O)C(O)C1O)C(O)CCCCCCCCCCCCCCCC. The molecule has 540 valence electrons. The van der Waals surface area contributed by atoms with Gasteiger partial charge in [0.2, 0.25) is 5.91 Å². The maximum Gasteiger partial charge on any atom is 0.220 e. The Hall–Kier alpha value is -1.21. The first-order valence-corrected chi connectivity index (χ1v) is 37.8. The van der Waals surface area contributed by atoms with E-state index < -0.39 is 124 Å². The van der Waals surface area contributed by atoms with Crippen LogP contribution in [-0.2, 0) is 33.2 Å². The van der Waals surface area contributed by atoms with Gasteiger partial charge in [0, 0.05) is 6.42 Å². The highest BCUT2D eigenvalue weighted by atomic mass is 16.8. The van der Waals surface area contributed by atoms with E-state index in [0.717, 1.165) is 44.9 Å². The molecule has 19 heteroatoms. The number of aliphatic hydroxyl groups is 11. The fraction of sp³-hybridized carbons (Fsp3) is 0.986. The summed E-state index contributed by atoms with van der Waals surface area (Å²) in [6.45, 7) is 1.84. The summed E-state index contributed by atoms with van der Waals surface area (Å²) in [5, 5.41) is 121. The molecular formula is C72H139NO18. The molecule has 12 N–H and O–H groups in total. The molecular weight excluding hydrogens is 1170 g/mol. The van der Waals surface area contributed by atoms with Gasteiger partial charge in [0.1, 0.15) is 73.2 Å². The third-order valence-electron chi connectivity index (χ3n) is 19.4. The van der Waals surface area contributed by atoms with E-state index in [4.69, 9.17) is 28.4 Å². The van der Waals surface area contributed by atoms with Gasteiger partial charge in [-0.2, -0.15) is 0 Å². The van der Waals surface area contributed by atoms with Crippen molar-refractivity contribution >= 4 is 5.91 Å². The third kappa shape index (κ3) is 36.3. The first kappa shape index (κ1) is 84.0. The van der Waals surface area contributed by atoms with Gasteiger partial charge in [-0.25, -0.2) is 0 Å². The molecule has 17 unspecified atom stereocenters. The Morgan fingerprint density at radius 1 is 0.352 bits per heavy atom. The van der Waals surface area contributed by atoms with Crippen LogP contribution in [0.25, 0.3) is 0 Å². The predicted octanol–water partition coefficient (Wildman–Crippen LogP) is 11.1. The summed E-state index contributed by atoms with van der Waals surface area (Å²) in [4.78, 5) is 13.4. The van der Waals surface area contributed by atoms with Crippen molar-refractivity contribution < 1.29 is 89.4 Å². The van der Waals surface area contributed by atoms with Crippen LogP contribution in [0.1, 0.15) is 322 Å². The highest BCUT2D eigenvalue weighted by molar-refractivity contribution is 5.76. The molecule has 3 rings (SSSR count). The molecule has 0 aliphatic carbocycles. The molecule has 19 nitrogen and oxygen atoms in total. The highest BCUT2D eigenvalue weighted by Gasteiger charge is 2.53. The largest absolute Gasteiger partial charge is 0.394 e.